The fourth-order valence-corrected chi connectivity index (χ4v) is 2.51. The molecular formula is C13H19NO. The van der Waals surface area contributed by atoms with Crippen LogP contribution in [0.1, 0.15) is 36.8 Å². The van der Waals surface area contributed by atoms with Crippen LogP contribution in [0.2, 0.25) is 0 Å². The molecule has 0 saturated heterocycles. The maximum absolute atomic E-state index is 10.3. The van der Waals surface area contributed by atoms with Crippen molar-refractivity contribution in [1.82, 2.24) is 5.32 Å². The number of rotatable bonds is 2. The second kappa shape index (κ2) is 3.95. The number of hydrogen-bond acceptors (Lipinski definition) is 2. The molecular weight excluding hydrogens is 186 g/mol. The summed E-state index contributed by atoms with van der Waals surface area (Å²) in [6.07, 6.45) is 3.37. The average Bonchev–Trinajstić information content (AvgIpc) is 2.28. The van der Waals surface area contributed by atoms with Gasteiger partial charge in [0.15, 0.2) is 0 Å². The van der Waals surface area contributed by atoms with Crippen LogP contribution in [-0.2, 0) is 6.42 Å². The Morgan fingerprint density at radius 1 is 1.40 bits per heavy atom. The van der Waals surface area contributed by atoms with Gasteiger partial charge in [-0.05, 0) is 44.4 Å². The zero-order valence-corrected chi connectivity index (χ0v) is 9.46. The van der Waals surface area contributed by atoms with Gasteiger partial charge in [0.25, 0.3) is 0 Å². The van der Waals surface area contributed by atoms with E-state index in [2.05, 4.69) is 29.6 Å². The summed E-state index contributed by atoms with van der Waals surface area (Å²) in [4.78, 5) is 0. The number of aliphatic hydroxyl groups is 1. The summed E-state index contributed by atoms with van der Waals surface area (Å²) in [7, 11) is 1.82. The van der Waals surface area contributed by atoms with Gasteiger partial charge in [-0.25, -0.2) is 0 Å². The van der Waals surface area contributed by atoms with Gasteiger partial charge in [0.05, 0.1) is 0 Å². The summed E-state index contributed by atoms with van der Waals surface area (Å²) < 4.78 is 0. The highest BCUT2D eigenvalue weighted by molar-refractivity contribution is 5.34. The molecule has 15 heavy (non-hydrogen) atoms. The van der Waals surface area contributed by atoms with Gasteiger partial charge in [0.1, 0.15) is 5.72 Å². The monoisotopic (exact) mass is 205 g/mol. The van der Waals surface area contributed by atoms with Crippen molar-refractivity contribution in [3.8, 4) is 0 Å². The van der Waals surface area contributed by atoms with Crippen molar-refractivity contribution in [2.24, 2.45) is 0 Å². The first-order chi connectivity index (χ1) is 7.15. The van der Waals surface area contributed by atoms with Crippen LogP contribution in [0.5, 0.6) is 0 Å². The third-order valence-corrected chi connectivity index (χ3v) is 3.55. The Hall–Kier alpha value is -0.860. The van der Waals surface area contributed by atoms with Crippen LogP contribution in [0.15, 0.2) is 24.3 Å². The van der Waals surface area contributed by atoms with E-state index in [9.17, 15) is 5.11 Å². The Labute approximate surface area is 91.3 Å². The lowest BCUT2D eigenvalue weighted by molar-refractivity contribution is -0.00152. The highest BCUT2D eigenvalue weighted by atomic mass is 16.3. The molecule has 1 aliphatic rings. The molecule has 0 fully saturated rings. The van der Waals surface area contributed by atoms with Crippen LogP contribution >= 0.6 is 0 Å². The molecule has 0 spiro atoms. The SMILES string of the molecule is CNC(C)(O)C1CCCc2ccccc21. The number of hydrogen-bond donors (Lipinski definition) is 2. The highest BCUT2D eigenvalue weighted by Gasteiger charge is 2.34. The largest absolute Gasteiger partial charge is 0.376 e. The molecule has 0 saturated carbocycles. The van der Waals surface area contributed by atoms with Crippen LogP contribution in [0.25, 0.3) is 0 Å². The topological polar surface area (TPSA) is 32.3 Å². The van der Waals surface area contributed by atoms with Crippen molar-refractivity contribution in [3.63, 3.8) is 0 Å². The Morgan fingerprint density at radius 3 is 2.87 bits per heavy atom. The second-order valence-electron chi connectivity index (χ2n) is 4.54. The molecule has 0 heterocycles. The molecule has 2 heteroatoms. The molecule has 0 aromatic heterocycles. The summed E-state index contributed by atoms with van der Waals surface area (Å²) in [6.45, 7) is 1.86. The summed E-state index contributed by atoms with van der Waals surface area (Å²) in [5.41, 5.74) is 1.91. The first-order valence-electron chi connectivity index (χ1n) is 5.64. The molecule has 0 bridgehead atoms. The number of nitrogens with one attached hydrogen (secondary N) is 1. The summed E-state index contributed by atoms with van der Waals surface area (Å²) in [6, 6.07) is 8.45. The summed E-state index contributed by atoms with van der Waals surface area (Å²) >= 11 is 0. The molecule has 2 nitrogen and oxygen atoms in total. The van der Waals surface area contributed by atoms with E-state index in [1.54, 1.807) is 0 Å². The number of likely N-dealkylation sites (N-methyl/N-ethyl adjacent to an activating group) is 1. The lowest BCUT2D eigenvalue weighted by Gasteiger charge is -2.36. The second-order valence-corrected chi connectivity index (χ2v) is 4.54. The number of fused-ring (bicyclic) bond motifs is 1. The minimum atomic E-state index is -0.795. The molecule has 0 amide bonds. The van der Waals surface area contributed by atoms with Crippen LogP contribution in [0, 0.1) is 0 Å². The maximum Gasteiger partial charge on any atom is 0.119 e. The lowest BCUT2D eigenvalue weighted by atomic mass is 9.77. The molecule has 2 N–H and O–H groups in total. The predicted molar refractivity (Wildman–Crippen MR) is 61.8 cm³/mol. The van der Waals surface area contributed by atoms with Crippen molar-refractivity contribution in [1.29, 1.82) is 0 Å². The van der Waals surface area contributed by atoms with E-state index in [4.69, 9.17) is 0 Å². The van der Waals surface area contributed by atoms with Gasteiger partial charge >= 0.3 is 0 Å². The molecule has 0 radical (unpaired) electrons. The lowest BCUT2D eigenvalue weighted by Crippen LogP contribution is -2.46. The Kier molecular flexibility index (Phi) is 2.81. The zero-order chi connectivity index (χ0) is 10.9. The van der Waals surface area contributed by atoms with Gasteiger partial charge in [-0.15, -0.1) is 0 Å². The van der Waals surface area contributed by atoms with E-state index in [1.165, 1.54) is 17.5 Å². The van der Waals surface area contributed by atoms with E-state index in [0.717, 1.165) is 12.8 Å². The normalized spacial score (nSPS) is 24.3. The van der Waals surface area contributed by atoms with Crippen LogP contribution < -0.4 is 5.32 Å². The van der Waals surface area contributed by atoms with Crippen LogP contribution in [0.3, 0.4) is 0 Å². The third kappa shape index (κ3) is 1.92. The van der Waals surface area contributed by atoms with Crippen molar-refractivity contribution in [2.75, 3.05) is 7.05 Å². The van der Waals surface area contributed by atoms with Crippen LogP contribution in [0.4, 0.5) is 0 Å². The maximum atomic E-state index is 10.3. The Bertz CT molecular complexity index is 346. The van der Waals surface area contributed by atoms with Gasteiger partial charge in [-0.2, -0.15) is 0 Å². The van der Waals surface area contributed by atoms with E-state index in [0.29, 0.717) is 0 Å². The molecule has 1 aliphatic carbocycles. The minimum Gasteiger partial charge on any atom is -0.376 e. The summed E-state index contributed by atoms with van der Waals surface area (Å²) in [5, 5.41) is 13.3. The van der Waals surface area contributed by atoms with Gasteiger partial charge < -0.3 is 5.11 Å². The number of aryl methyl sites for hydroxylation is 1. The Morgan fingerprint density at radius 2 is 2.13 bits per heavy atom. The van der Waals surface area contributed by atoms with E-state index < -0.39 is 5.72 Å². The summed E-state index contributed by atoms with van der Waals surface area (Å²) in [5.74, 6) is 0.215. The third-order valence-electron chi connectivity index (χ3n) is 3.55. The van der Waals surface area contributed by atoms with Crippen molar-refractivity contribution in [2.45, 2.75) is 37.8 Å². The van der Waals surface area contributed by atoms with Gasteiger partial charge in [0, 0.05) is 5.92 Å². The minimum absolute atomic E-state index is 0.215. The number of benzene rings is 1. The first kappa shape index (κ1) is 10.7. The molecule has 1 aromatic carbocycles. The van der Waals surface area contributed by atoms with E-state index in [-0.39, 0.29) is 5.92 Å². The average molecular weight is 205 g/mol. The van der Waals surface area contributed by atoms with E-state index in [1.807, 2.05) is 14.0 Å². The predicted octanol–water partition coefficient (Wildman–Crippen LogP) is 2.03. The fraction of sp³-hybridized carbons (Fsp3) is 0.538. The van der Waals surface area contributed by atoms with Gasteiger partial charge in [-0.1, -0.05) is 24.3 Å². The van der Waals surface area contributed by atoms with Crippen molar-refractivity contribution >= 4 is 0 Å². The van der Waals surface area contributed by atoms with Gasteiger partial charge in [-0.3, -0.25) is 5.32 Å². The van der Waals surface area contributed by atoms with Gasteiger partial charge in [0.2, 0.25) is 0 Å². The molecule has 82 valence electrons. The smallest absolute Gasteiger partial charge is 0.119 e. The molecule has 2 rings (SSSR count). The van der Waals surface area contributed by atoms with Crippen molar-refractivity contribution < 1.29 is 5.11 Å². The fourth-order valence-electron chi connectivity index (χ4n) is 2.51. The Balaban J connectivity index is 2.38. The molecule has 2 unspecified atom stereocenters. The van der Waals surface area contributed by atoms with Crippen LogP contribution in [-0.4, -0.2) is 17.9 Å². The molecule has 1 aromatic rings. The highest BCUT2D eigenvalue weighted by Crippen LogP contribution is 2.37. The molecule has 0 aliphatic heterocycles. The standard InChI is InChI=1S/C13H19NO/c1-13(15,14-2)12-9-5-7-10-6-3-4-8-11(10)12/h3-4,6,8,12,14-15H,5,7,9H2,1-2H3. The quantitative estimate of drug-likeness (QED) is 0.724. The van der Waals surface area contributed by atoms with Crippen molar-refractivity contribution in [3.05, 3.63) is 35.4 Å². The van der Waals surface area contributed by atoms with E-state index >= 15 is 0 Å². The first-order valence-corrected chi connectivity index (χ1v) is 5.64. The zero-order valence-electron chi connectivity index (χ0n) is 9.46. The molecule has 2 atom stereocenters.